The van der Waals surface area contributed by atoms with Crippen LogP contribution in [0.5, 0.6) is 0 Å². The normalized spacial score (nSPS) is 18.8. The molecule has 0 amide bonds. The Kier molecular flexibility index (Phi) is 8.08. The van der Waals surface area contributed by atoms with Crippen LogP contribution in [0.3, 0.4) is 0 Å². The van der Waals surface area contributed by atoms with Crippen LogP contribution in [0.25, 0.3) is 0 Å². The predicted octanol–water partition coefficient (Wildman–Crippen LogP) is 4.19. The van der Waals surface area contributed by atoms with Crippen molar-refractivity contribution < 1.29 is 49.4 Å². The van der Waals surface area contributed by atoms with Gasteiger partial charge in [0.2, 0.25) is 0 Å². The maximum Gasteiger partial charge on any atom is 0.404 e. The highest BCUT2D eigenvalue weighted by atomic mass is 19.4. The first-order valence-corrected chi connectivity index (χ1v) is 8.56. The molecule has 166 valence electrons. The zero-order valence-corrected chi connectivity index (χ0v) is 15.4. The number of carbonyl (C=O) groups is 1. The van der Waals surface area contributed by atoms with E-state index in [1.807, 2.05) is 0 Å². The van der Waals surface area contributed by atoms with Crippen LogP contribution >= 0.6 is 0 Å². The zero-order valence-electron chi connectivity index (χ0n) is 15.4. The van der Waals surface area contributed by atoms with Crippen LogP contribution in [0.2, 0.25) is 0 Å². The van der Waals surface area contributed by atoms with Crippen LogP contribution in [-0.4, -0.2) is 68.1 Å². The Balaban J connectivity index is 2.82. The molecule has 28 heavy (non-hydrogen) atoms. The van der Waals surface area contributed by atoms with Gasteiger partial charge >= 0.3 is 18.3 Å². The van der Waals surface area contributed by atoms with Gasteiger partial charge < -0.3 is 9.47 Å². The lowest BCUT2D eigenvalue weighted by Crippen LogP contribution is -2.46. The van der Waals surface area contributed by atoms with Crippen molar-refractivity contribution >= 4 is 5.97 Å². The van der Waals surface area contributed by atoms with E-state index in [2.05, 4.69) is 0 Å². The second kappa shape index (κ2) is 9.10. The Morgan fingerprint density at radius 1 is 1.04 bits per heavy atom. The van der Waals surface area contributed by atoms with Gasteiger partial charge in [0.1, 0.15) is 12.5 Å². The van der Waals surface area contributed by atoms with Crippen molar-refractivity contribution in [2.45, 2.75) is 57.5 Å². The lowest BCUT2D eigenvalue weighted by molar-refractivity contribution is -0.229. The van der Waals surface area contributed by atoms with Crippen LogP contribution in [0, 0.1) is 5.41 Å². The first kappa shape index (κ1) is 24.9. The molecule has 0 aromatic heterocycles. The monoisotopic (exact) mass is 429 g/mol. The van der Waals surface area contributed by atoms with Gasteiger partial charge in [0, 0.05) is 26.1 Å². The molecule has 1 unspecified atom stereocenters. The SMILES string of the molecule is CC(C)(C(=O)OC(CCC(F)(F)CC(F)(F)F)CN1CCOCC1)C(F)(F)F. The average Bonchev–Trinajstić information content (AvgIpc) is 2.50. The molecule has 1 rings (SSSR count). The molecule has 1 aliphatic rings. The maximum atomic E-state index is 13.5. The van der Waals surface area contributed by atoms with Gasteiger partial charge in [0.05, 0.1) is 13.2 Å². The Morgan fingerprint density at radius 2 is 1.57 bits per heavy atom. The summed E-state index contributed by atoms with van der Waals surface area (Å²) in [6.45, 7) is 2.23. The van der Waals surface area contributed by atoms with Crippen LogP contribution in [0.4, 0.5) is 35.1 Å². The van der Waals surface area contributed by atoms with Crippen molar-refractivity contribution in [2.24, 2.45) is 5.41 Å². The molecule has 1 atom stereocenters. The van der Waals surface area contributed by atoms with E-state index in [4.69, 9.17) is 9.47 Å². The summed E-state index contributed by atoms with van der Waals surface area (Å²) >= 11 is 0. The fourth-order valence-electron chi connectivity index (χ4n) is 2.43. The third kappa shape index (κ3) is 8.06. The quantitative estimate of drug-likeness (QED) is 0.429. The third-order valence-corrected chi connectivity index (χ3v) is 4.35. The second-order valence-corrected chi connectivity index (χ2v) is 7.25. The molecule has 0 aromatic rings. The Bertz CT molecular complexity index is 513. The van der Waals surface area contributed by atoms with Crippen LogP contribution in [0.15, 0.2) is 0 Å². The van der Waals surface area contributed by atoms with E-state index in [1.54, 1.807) is 4.90 Å². The Hall–Kier alpha value is -1.17. The molecule has 0 aromatic carbocycles. The first-order valence-electron chi connectivity index (χ1n) is 8.56. The maximum absolute atomic E-state index is 13.5. The van der Waals surface area contributed by atoms with Crippen molar-refractivity contribution in [1.82, 2.24) is 4.90 Å². The van der Waals surface area contributed by atoms with Crippen molar-refractivity contribution in [3.8, 4) is 0 Å². The van der Waals surface area contributed by atoms with Crippen molar-refractivity contribution in [1.29, 1.82) is 0 Å². The van der Waals surface area contributed by atoms with Crippen LogP contribution < -0.4 is 0 Å². The van der Waals surface area contributed by atoms with Crippen molar-refractivity contribution in [2.75, 3.05) is 32.8 Å². The van der Waals surface area contributed by atoms with E-state index in [9.17, 15) is 39.9 Å². The Morgan fingerprint density at radius 3 is 2.04 bits per heavy atom. The van der Waals surface area contributed by atoms with Crippen molar-refractivity contribution in [3.63, 3.8) is 0 Å². The number of ether oxygens (including phenoxy) is 2. The number of esters is 1. The number of morpholine rings is 1. The average molecular weight is 429 g/mol. The molecule has 12 heteroatoms. The minimum Gasteiger partial charge on any atom is -0.460 e. The molecule has 0 spiro atoms. The molecular weight excluding hydrogens is 406 g/mol. The van der Waals surface area contributed by atoms with Gasteiger partial charge in [0.25, 0.3) is 5.92 Å². The fourth-order valence-corrected chi connectivity index (χ4v) is 2.43. The Labute approximate surface area is 157 Å². The second-order valence-electron chi connectivity index (χ2n) is 7.25. The number of halogens is 8. The number of hydrogen-bond donors (Lipinski definition) is 0. The summed E-state index contributed by atoms with van der Waals surface area (Å²) in [5.41, 5.74) is -2.88. The topological polar surface area (TPSA) is 38.8 Å². The lowest BCUT2D eigenvalue weighted by atomic mass is 9.93. The molecule has 1 aliphatic heterocycles. The van der Waals surface area contributed by atoms with Crippen LogP contribution in [-0.2, 0) is 14.3 Å². The number of carbonyl (C=O) groups excluding carboxylic acids is 1. The highest BCUT2D eigenvalue weighted by molar-refractivity contribution is 5.77. The summed E-state index contributed by atoms with van der Waals surface area (Å²) in [5, 5.41) is 0. The fraction of sp³-hybridized carbons (Fsp3) is 0.938. The van der Waals surface area contributed by atoms with E-state index >= 15 is 0 Å². The summed E-state index contributed by atoms with van der Waals surface area (Å²) < 4.78 is 113. The smallest absolute Gasteiger partial charge is 0.404 e. The highest BCUT2D eigenvalue weighted by Gasteiger charge is 2.55. The lowest BCUT2D eigenvalue weighted by Gasteiger charge is -2.33. The first-order chi connectivity index (χ1) is 12.5. The van der Waals surface area contributed by atoms with Gasteiger partial charge in [-0.25, -0.2) is 8.78 Å². The zero-order chi connectivity index (χ0) is 21.8. The number of rotatable bonds is 8. The number of nitrogens with zero attached hydrogens (tertiary/aromatic N) is 1. The summed E-state index contributed by atoms with van der Waals surface area (Å²) in [7, 11) is 0. The predicted molar refractivity (Wildman–Crippen MR) is 81.8 cm³/mol. The summed E-state index contributed by atoms with van der Waals surface area (Å²) in [6.07, 6.45) is -15.8. The summed E-state index contributed by atoms with van der Waals surface area (Å²) in [4.78, 5) is 13.6. The van der Waals surface area contributed by atoms with E-state index in [-0.39, 0.29) is 6.54 Å². The standard InChI is InChI=1S/C16H23F8NO3/c1-13(2,16(22,23)24)12(26)28-11(9-25-5-7-27-8-6-25)3-4-14(17,18)10-15(19,20)21/h11H,3-10H2,1-2H3. The van der Waals surface area contributed by atoms with Gasteiger partial charge in [-0.15, -0.1) is 0 Å². The summed E-state index contributed by atoms with van der Waals surface area (Å²) in [6, 6.07) is 0. The number of hydrogen-bond acceptors (Lipinski definition) is 4. The van der Waals surface area contributed by atoms with E-state index in [0.29, 0.717) is 40.2 Å². The van der Waals surface area contributed by atoms with Gasteiger partial charge in [0.15, 0.2) is 5.41 Å². The largest absolute Gasteiger partial charge is 0.460 e. The molecular formula is C16H23F8NO3. The third-order valence-electron chi connectivity index (χ3n) is 4.35. The molecule has 0 aliphatic carbocycles. The summed E-state index contributed by atoms with van der Waals surface area (Å²) in [5.74, 6) is -5.79. The molecule has 1 saturated heterocycles. The van der Waals surface area contributed by atoms with Crippen LogP contribution in [0.1, 0.15) is 33.1 Å². The van der Waals surface area contributed by atoms with Gasteiger partial charge in [-0.05, 0) is 20.3 Å². The van der Waals surface area contributed by atoms with E-state index < -0.39 is 55.0 Å². The minimum atomic E-state index is -5.10. The molecule has 1 fully saturated rings. The molecule has 0 N–H and O–H groups in total. The van der Waals surface area contributed by atoms with Gasteiger partial charge in [-0.2, -0.15) is 26.3 Å². The molecule has 4 nitrogen and oxygen atoms in total. The minimum absolute atomic E-state index is 0.175. The molecule has 1 heterocycles. The van der Waals surface area contributed by atoms with Gasteiger partial charge in [-0.3, -0.25) is 9.69 Å². The molecule has 0 radical (unpaired) electrons. The highest BCUT2D eigenvalue weighted by Crippen LogP contribution is 2.39. The van der Waals surface area contributed by atoms with E-state index in [1.165, 1.54) is 0 Å². The number of alkyl halides is 8. The molecule has 0 saturated carbocycles. The van der Waals surface area contributed by atoms with Crippen molar-refractivity contribution in [3.05, 3.63) is 0 Å². The molecule has 0 bridgehead atoms. The van der Waals surface area contributed by atoms with E-state index in [0.717, 1.165) is 0 Å². The van der Waals surface area contributed by atoms with Gasteiger partial charge in [-0.1, -0.05) is 0 Å².